The van der Waals surface area contributed by atoms with Crippen molar-refractivity contribution in [3.8, 4) is 0 Å². The number of anilines is 1. The number of fused-ring (bicyclic) bond motifs is 1. The first-order chi connectivity index (χ1) is 12.7. The Bertz CT molecular complexity index is 964. The van der Waals surface area contributed by atoms with Crippen LogP contribution in [-0.4, -0.2) is 27.7 Å². The van der Waals surface area contributed by atoms with Gasteiger partial charge in [0.2, 0.25) is 0 Å². The lowest BCUT2D eigenvalue weighted by atomic mass is 10.2. The van der Waals surface area contributed by atoms with Crippen LogP contribution < -0.4 is 9.55 Å². The molecule has 0 aromatic heterocycles. The van der Waals surface area contributed by atoms with E-state index in [4.69, 9.17) is 27.5 Å². The quantitative estimate of drug-likeness (QED) is 0.617. The van der Waals surface area contributed by atoms with Gasteiger partial charge in [-0.25, -0.2) is 0 Å². The standard InChI is InChI=1S/C19H23Cl2N2O3S/c1-5-22-14(4)23(6-2,19-12-17(21)16(20)11-18(19)22)26-27(24,25)15-9-7-13(3)8-10-15/h7-12,14H,5-6H2,1-4H3/q+1. The van der Waals surface area contributed by atoms with E-state index in [0.29, 0.717) is 28.8 Å². The van der Waals surface area contributed by atoms with Crippen molar-refractivity contribution in [2.24, 2.45) is 0 Å². The fraction of sp³-hybridized carbons (Fsp3) is 0.368. The van der Waals surface area contributed by atoms with Crippen molar-refractivity contribution in [1.29, 1.82) is 0 Å². The largest absolute Gasteiger partial charge is 0.343 e. The molecule has 5 nitrogen and oxygen atoms in total. The Labute approximate surface area is 170 Å². The molecule has 0 amide bonds. The molecule has 1 aliphatic heterocycles. The highest BCUT2D eigenvalue weighted by atomic mass is 35.5. The molecule has 0 spiro atoms. The first kappa shape index (κ1) is 20.4. The third-order valence-corrected chi connectivity index (χ3v) is 7.17. The molecular formula is C19H23Cl2N2O3S+. The number of hydroxylamine groups is 2. The molecule has 1 heterocycles. The Kier molecular flexibility index (Phi) is 5.49. The van der Waals surface area contributed by atoms with Crippen molar-refractivity contribution < 1.29 is 12.7 Å². The summed E-state index contributed by atoms with van der Waals surface area (Å²) < 4.78 is 31.8. The van der Waals surface area contributed by atoms with Crippen molar-refractivity contribution in [2.75, 3.05) is 18.0 Å². The molecule has 8 heteroatoms. The highest BCUT2D eigenvalue weighted by Gasteiger charge is 2.53. The zero-order valence-electron chi connectivity index (χ0n) is 15.7. The average molecular weight is 430 g/mol. The second-order valence-corrected chi connectivity index (χ2v) is 8.97. The second kappa shape index (κ2) is 7.26. The summed E-state index contributed by atoms with van der Waals surface area (Å²) in [7, 11) is -3.99. The van der Waals surface area contributed by atoms with Gasteiger partial charge in [0.15, 0.2) is 11.9 Å². The van der Waals surface area contributed by atoms with E-state index in [-0.39, 0.29) is 15.7 Å². The van der Waals surface area contributed by atoms with Crippen LogP contribution in [0.2, 0.25) is 10.0 Å². The maximum atomic E-state index is 13.1. The molecule has 2 unspecified atom stereocenters. The van der Waals surface area contributed by atoms with E-state index >= 15 is 0 Å². The molecule has 1 aliphatic rings. The number of hydrogen-bond acceptors (Lipinski definition) is 4. The topological polar surface area (TPSA) is 46.6 Å². The van der Waals surface area contributed by atoms with Crippen LogP contribution in [0.15, 0.2) is 41.3 Å². The summed E-state index contributed by atoms with van der Waals surface area (Å²) in [4.78, 5) is 2.20. The van der Waals surface area contributed by atoms with Gasteiger partial charge < -0.3 is 4.90 Å². The van der Waals surface area contributed by atoms with Gasteiger partial charge >= 0.3 is 10.1 Å². The molecule has 27 heavy (non-hydrogen) atoms. The molecule has 0 N–H and O–H groups in total. The zero-order chi connectivity index (χ0) is 20.0. The van der Waals surface area contributed by atoms with E-state index in [1.165, 1.54) is 0 Å². The van der Waals surface area contributed by atoms with Gasteiger partial charge in [-0.15, -0.1) is 4.65 Å². The van der Waals surface area contributed by atoms with Crippen molar-refractivity contribution >= 4 is 44.7 Å². The van der Waals surface area contributed by atoms with Gasteiger partial charge in [-0.2, -0.15) is 8.42 Å². The third-order valence-electron chi connectivity index (χ3n) is 5.14. The molecular weight excluding hydrogens is 407 g/mol. The highest BCUT2D eigenvalue weighted by Crippen LogP contribution is 2.49. The molecule has 146 valence electrons. The molecule has 2 aromatic carbocycles. The van der Waals surface area contributed by atoms with E-state index < -0.39 is 10.1 Å². The van der Waals surface area contributed by atoms with Gasteiger partial charge in [-0.05, 0) is 39.0 Å². The summed E-state index contributed by atoms with van der Waals surface area (Å²) in [5.74, 6) is 0. The SMILES string of the molecule is CCN1c2cc(Cl)c(Cl)cc2[N+](CC)(OS(=O)(=O)c2ccc(C)cc2)C1C. The van der Waals surface area contributed by atoms with Gasteiger partial charge in [0, 0.05) is 19.5 Å². The van der Waals surface area contributed by atoms with Crippen LogP contribution in [-0.2, 0) is 14.4 Å². The minimum atomic E-state index is -3.99. The molecule has 2 atom stereocenters. The molecule has 2 aromatic rings. The first-order valence-corrected chi connectivity index (χ1v) is 11.0. The summed E-state index contributed by atoms with van der Waals surface area (Å²) in [5, 5.41) is 0.798. The monoisotopic (exact) mass is 429 g/mol. The van der Waals surface area contributed by atoms with Crippen LogP contribution in [0.4, 0.5) is 11.4 Å². The van der Waals surface area contributed by atoms with Gasteiger partial charge in [0.05, 0.1) is 14.9 Å². The van der Waals surface area contributed by atoms with E-state index in [1.807, 2.05) is 27.7 Å². The van der Waals surface area contributed by atoms with Crippen LogP contribution in [0.3, 0.4) is 0 Å². The van der Waals surface area contributed by atoms with Crippen LogP contribution in [0.1, 0.15) is 26.3 Å². The van der Waals surface area contributed by atoms with Gasteiger partial charge in [0.1, 0.15) is 12.2 Å². The third kappa shape index (κ3) is 3.34. The molecule has 3 rings (SSSR count). The van der Waals surface area contributed by atoms with Crippen molar-refractivity contribution in [2.45, 2.75) is 38.8 Å². The minimum absolute atomic E-state index is 0.128. The fourth-order valence-electron chi connectivity index (χ4n) is 3.63. The number of aryl methyl sites for hydroxylation is 1. The first-order valence-electron chi connectivity index (χ1n) is 8.83. The Morgan fingerprint density at radius 3 is 2.26 bits per heavy atom. The fourth-order valence-corrected chi connectivity index (χ4v) is 5.17. The average Bonchev–Trinajstić information content (AvgIpc) is 2.83. The second-order valence-electron chi connectivity index (χ2n) is 6.63. The Hall–Kier alpha value is -1.31. The van der Waals surface area contributed by atoms with Gasteiger partial charge in [-0.3, -0.25) is 0 Å². The molecule has 0 aliphatic carbocycles. The number of nitrogens with zero attached hydrogens (tertiary/aromatic N) is 2. The Balaban J connectivity index is 2.14. The van der Waals surface area contributed by atoms with Crippen LogP contribution in [0, 0.1) is 6.92 Å². The lowest BCUT2D eigenvalue weighted by Gasteiger charge is -2.34. The summed E-state index contributed by atoms with van der Waals surface area (Å²) in [6, 6.07) is 10.1. The summed E-state index contributed by atoms with van der Waals surface area (Å²) in [5.41, 5.74) is 2.50. The molecule has 0 saturated carbocycles. The number of hydrogen-bond donors (Lipinski definition) is 0. The highest BCUT2D eigenvalue weighted by molar-refractivity contribution is 7.86. The normalized spacial score (nSPS) is 22.1. The van der Waals surface area contributed by atoms with Gasteiger partial charge in [-0.1, -0.05) is 45.2 Å². The van der Waals surface area contributed by atoms with Crippen LogP contribution >= 0.6 is 23.2 Å². The van der Waals surface area contributed by atoms with E-state index in [9.17, 15) is 8.42 Å². The van der Waals surface area contributed by atoms with Crippen molar-refractivity contribution in [3.05, 3.63) is 52.0 Å². The molecule has 0 fully saturated rings. The minimum Gasteiger partial charge on any atom is -0.315 e. The zero-order valence-corrected chi connectivity index (χ0v) is 18.1. The van der Waals surface area contributed by atoms with E-state index in [0.717, 1.165) is 11.3 Å². The summed E-state index contributed by atoms with van der Waals surface area (Å²) in [6.07, 6.45) is -0.259. The van der Waals surface area contributed by atoms with E-state index in [1.54, 1.807) is 36.4 Å². The molecule has 0 bridgehead atoms. The summed E-state index contributed by atoms with van der Waals surface area (Å²) >= 11 is 12.5. The Morgan fingerprint density at radius 2 is 1.70 bits per heavy atom. The Morgan fingerprint density at radius 1 is 1.11 bits per heavy atom. The number of rotatable bonds is 5. The lowest BCUT2D eigenvalue weighted by molar-refractivity contribution is -0.0600. The van der Waals surface area contributed by atoms with Crippen molar-refractivity contribution in [1.82, 2.24) is 4.65 Å². The van der Waals surface area contributed by atoms with Crippen LogP contribution in [0.5, 0.6) is 0 Å². The molecule has 0 radical (unpaired) electrons. The maximum Gasteiger partial charge on any atom is 0.343 e. The summed E-state index contributed by atoms with van der Waals surface area (Å²) in [6.45, 7) is 8.84. The predicted molar refractivity (Wildman–Crippen MR) is 111 cm³/mol. The van der Waals surface area contributed by atoms with Crippen molar-refractivity contribution in [3.63, 3.8) is 0 Å². The predicted octanol–water partition coefficient (Wildman–Crippen LogP) is 5.14. The number of halogens is 2. The smallest absolute Gasteiger partial charge is 0.315 e. The lowest BCUT2D eigenvalue weighted by Crippen LogP contribution is -2.58. The van der Waals surface area contributed by atoms with Gasteiger partial charge in [0.25, 0.3) is 0 Å². The molecule has 0 saturated heterocycles. The number of quaternary nitrogens is 1. The number of benzene rings is 2. The van der Waals surface area contributed by atoms with E-state index in [2.05, 4.69) is 4.90 Å². The van der Waals surface area contributed by atoms with Crippen LogP contribution in [0.25, 0.3) is 0 Å². The maximum absolute atomic E-state index is 13.1.